The molecule has 0 radical (unpaired) electrons. The normalized spacial score (nSPS) is 9.79. The molecule has 2 aromatic rings. The Morgan fingerprint density at radius 3 is 2.25 bits per heavy atom. The van der Waals surface area contributed by atoms with Crippen LogP contribution in [0.4, 0.5) is 0 Å². The van der Waals surface area contributed by atoms with Crippen LogP contribution in [-0.2, 0) is 4.79 Å². The molecule has 28 heavy (non-hydrogen) atoms. The number of rotatable bonds is 7. The molecule has 0 aliphatic heterocycles. The number of para-hydroxylation sites is 3. The number of ether oxygens (including phenoxy) is 3. The number of carbonyl (C=O) groups excluding carboxylic acids is 2. The van der Waals surface area contributed by atoms with Gasteiger partial charge in [0, 0.05) is 0 Å². The lowest BCUT2D eigenvalue weighted by Gasteiger charge is -2.13. The predicted octanol–water partition coefficient (Wildman–Crippen LogP) is 1.81. The number of carbonyl (C=O) groups is 2. The van der Waals surface area contributed by atoms with E-state index in [1.165, 1.54) is 7.11 Å². The number of hydrogen-bond acceptors (Lipinski definition) is 6. The first-order valence-corrected chi connectivity index (χ1v) is 8.83. The van der Waals surface area contributed by atoms with Crippen molar-refractivity contribution in [3.63, 3.8) is 0 Å². The van der Waals surface area contributed by atoms with E-state index in [0.29, 0.717) is 29.4 Å². The van der Waals surface area contributed by atoms with Crippen LogP contribution in [0.15, 0.2) is 48.5 Å². The minimum Gasteiger partial charge on any atom is -0.493 e. The van der Waals surface area contributed by atoms with Crippen molar-refractivity contribution in [2.24, 2.45) is 0 Å². The maximum absolute atomic E-state index is 12.3. The van der Waals surface area contributed by atoms with Crippen LogP contribution in [0.2, 0.25) is 0 Å². The Labute approximate surface area is 168 Å². The summed E-state index contributed by atoms with van der Waals surface area (Å²) in [4.78, 5) is 24.2. The fraction of sp³-hybridized carbons (Fsp3) is 0.211. The Balaban J connectivity index is 1.80. The predicted molar refractivity (Wildman–Crippen MR) is 107 cm³/mol. The molecule has 0 aliphatic carbocycles. The average molecular weight is 403 g/mol. The zero-order valence-electron chi connectivity index (χ0n) is 15.5. The van der Waals surface area contributed by atoms with E-state index in [0.717, 1.165) is 0 Å². The molecule has 9 heteroatoms. The van der Waals surface area contributed by atoms with Crippen molar-refractivity contribution in [3.05, 3.63) is 54.1 Å². The maximum atomic E-state index is 12.3. The van der Waals surface area contributed by atoms with Crippen molar-refractivity contribution in [1.29, 1.82) is 0 Å². The molecule has 0 heterocycles. The molecule has 8 nitrogen and oxygen atoms in total. The highest BCUT2D eigenvalue weighted by molar-refractivity contribution is 7.80. The third-order valence-electron chi connectivity index (χ3n) is 3.40. The lowest BCUT2D eigenvalue weighted by atomic mass is 10.2. The molecule has 0 bridgehead atoms. The summed E-state index contributed by atoms with van der Waals surface area (Å²) in [6.07, 6.45) is 0. The highest BCUT2D eigenvalue weighted by Crippen LogP contribution is 2.25. The van der Waals surface area contributed by atoms with E-state index in [1.807, 2.05) is 6.92 Å². The largest absolute Gasteiger partial charge is 0.493 e. The molecule has 0 fully saturated rings. The average Bonchev–Trinajstić information content (AvgIpc) is 2.71. The molecule has 0 saturated carbocycles. The van der Waals surface area contributed by atoms with Crippen molar-refractivity contribution < 1.29 is 23.8 Å². The molecule has 2 rings (SSSR count). The minimum atomic E-state index is -0.489. The van der Waals surface area contributed by atoms with Crippen molar-refractivity contribution in [3.8, 4) is 17.2 Å². The van der Waals surface area contributed by atoms with E-state index in [9.17, 15) is 9.59 Å². The molecular formula is C19H21N3O5S. The van der Waals surface area contributed by atoms with Gasteiger partial charge in [-0.25, -0.2) is 0 Å². The quantitative estimate of drug-likeness (QED) is 0.479. The van der Waals surface area contributed by atoms with Crippen molar-refractivity contribution in [2.45, 2.75) is 6.92 Å². The van der Waals surface area contributed by atoms with Crippen LogP contribution in [0.3, 0.4) is 0 Å². The summed E-state index contributed by atoms with van der Waals surface area (Å²) < 4.78 is 15.9. The highest BCUT2D eigenvalue weighted by atomic mass is 32.1. The fourth-order valence-corrected chi connectivity index (χ4v) is 2.32. The van der Waals surface area contributed by atoms with E-state index >= 15 is 0 Å². The zero-order valence-corrected chi connectivity index (χ0v) is 16.3. The molecule has 0 aliphatic rings. The van der Waals surface area contributed by atoms with E-state index in [4.69, 9.17) is 26.4 Å². The van der Waals surface area contributed by atoms with E-state index in [2.05, 4.69) is 16.2 Å². The van der Waals surface area contributed by atoms with Crippen molar-refractivity contribution >= 4 is 29.1 Å². The van der Waals surface area contributed by atoms with Gasteiger partial charge in [-0.3, -0.25) is 25.8 Å². The van der Waals surface area contributed by atoms with Crippen LogP contribution < -0.4 is 30.4 Å². The van der Waals surface area contributed by atoms with Crippen LogP contribution in [0, 0.1) is 0 Å². The summed E-state index contributed by atoms with van der Waals surface area (Å²) in [5.41, 5.74) is 5.12. The van der Waals surface area contributed by atoms with Crippen LogP contribution in [0.1, 0.15) is 17.3 Å². The standard InChI is InChI=1S/C19H21N3O5S/c1-3-26-14-9-5-4-8-13(14)18(24)20-19(28)22-21-17(23)12-27-16-11-7-6-10-15(16)25-2/h4-11H,3,12H2,1-2H3,(H,21,23)(H2,20,22,24,28). The number of thiocarbonyl (C=S) groups is 1. The van der Waals surface area contributed by atoms with Crippen LogP contribution in [0.25, 0.3) is 0 Å². The van der Waals surface area contributed by atoms with Crippen LogP contribution in [0.5, 0.6) is 17.2 Å². The summed E-state index contributed by atoms with van der Waals surface area (Å²) in [5, 5.41) is 2.40. The van der Waals surface area contributed by atoms with Gasteiger partial charge in [0.05, 0.1) is 19.3 Å². The lowest BCUT2D eigenvalue weighted by molar-refractivity contribution is -0.123. The van der Waals surface area contributed by atoms with Gasteiger partial charge in [-0.1, -0.05) is 24.3 Å². The van der Waals surface area contributed by atoms with Crippen LogP contribution >= 0.6 is 12.2 Å². The second kappa shape index (κ2) is 10.7. The van der Waals surface area contributed by atoms with Gasteiger partial charge in [-0.15, -0.1) is 0 Å². The van der Waals surface area contributed by atoms with E-state index < -0.39 is 11.8 Å². The molecule has 0 aromatic heterocycles. The second-order valence-corrected chi connectivity index (χ2v) is 5.73. The molecule has 0 saturated heterocycles. The van der Waals surface area contributed by atoms with E-state index in [-0.39, 0.29) is 11.7 Å². The number of amides is 2. The Hall–Kier alpha value is -3.33. The topological polar surface area (TPSA) is 97.9 Å². The van der Waals surface area contributed by atoms with Crippen molar-refractivity contribution in [2.75, 3.05) is 20.3 Å². The Kier molecular flexibility index (Phi) is 8.04. The third-order valence-corrected chi connectivity index (χ3v) is 3.61. The highest BCUT2D eigenvalue weighted by Gasteiger charge is 2.14. The number of benzene rings is 2. The summed E-state index contributed by atoms with van der Waals surface area (Å²) >= 11 is 5.01. The number of hydrogen-bond donors (Lipinski definition) is 3. The number of hydrazine groups is 1. The Morgan fingerprint density at radius 1 is 0.929 bits per heavy atom. The minimum absolute atomic E-state index is 0.0676. The van der Waals surface area contributed by atoms with Gasteiger partial charge < -0.3 is 14.2 Å². The van der Waals surface area contributed by atoms with Gasteiger partial charge in [-0.05, 0) is 43.4 Å². The second-order valence-electron chi connectivity index (χ2n) is 5.33. The van der Waals surface area contributed by atoms with Gasteiger partial charge in [0.1, 0.15) is 5.75 Å². The molecule has 3 N–H and O–H groups in total. The SMILES string of the molecule is CCOc1ccccc1C(=O)NC(=S)NNC(=O)COc1ccccc1OC. The van der Waals surface area contributed by atoms with Crippen LogP contribution in [-0.4, -0.2) is 37.3 Å². The molecule has 0 unspecified atom stereocenters. The van der Waals surface area contributed by atoms with Crippen molar-refractivity contribution in [1.82, 2.24) is 16.2 Å². The van der Waals surface area contributed by atoms with Gasteiger partial charge in [-0.2, -0.15) is 0 Å². The molecule has 2 aromatic carbocycles. The Bertz CT molecular complexity index is 844. The van der Waals surface area contributed by atoms with Gasteiger partial charge >= 0.3 is 0 Å². The number of methoxy groups -OCH3 is 1. The Morgan fingerprint density at radius 2 is 1.57 bits per heavy atom. The molecule has 2 amide bonds. The molecule has 148 valence electrons. The first-order valence-electron chi connectivity index (χ1n) is 8.43. The van der Waals surface area contributed by atoms with Gasteiger partial charge in [0.15, 0.2) is 23.2 Å². The molecule has 0 spiro atoms. The number of nitrogens with one attached hydrogen (secondary N) is 3. The lowest BCUT2D eigenvalue weighted by Crippen LogP contribution is -2.49. The van der Waals surface area contributed by atoms with Gasteiger partial charge in [0.2, 0.25) is 0 Å². The van der Waals surface area contributed by atoms with Gasteiger partial charge in [0.25, 0.3) is 11.8 Å². The maximum Gasteiger partial charge on any atom is 0.276 e. The summed E-state index contributed by atoms with van der Waals surface area (Å²) in [6, 6.07) is 13.7. The molecular weight excluding hydrogens is 382 g/mol. The van der Waals surface area contributed by atoms with E-state index in [1.54, 1.807) is 48.5 Å². The summed E-state index contributed by atoms with van der Waals surface area (Å²) in [6.45, 7) is 1.98. The third kappa shape index (κ3) is 6.13. The summed E-state index contributed by atoms with van der Waals surface area (Å²) in [5.74, 6) is 0.445. The molecule has 0 atom stereocenters. The monoisotopic (exact) mass is 403 g/mol. The first kappa shape index (κ1) is 21.0. The smallest absolute Gasteiger partial charge is 0.276 e. The first-order chi connectivity index (χ1) is 13.5. The zero-order chi connectivity index (χ0) is 20.4. The fourth-order valence-electron chi connectivity index (χ4n) is 2.18. The summed E-state index contributed by atoms with van der Waals surface area (Å²) in [7, 11) is 1.51.